The van der Waals surface area contributed by atoms with E-state index in [0.717, 1.165) is 17.0 Å². The first-order valence-electron chi connectivity index (χ1n) is 4.70. The van der Waals surface area contributed by atoms with E-state index in [2.05, 4.69) is 20.5 Å². The number of pyridine rings is 1. The summed E-state index contributed by atoms with van der Waals surface area (Å²) in [6.45, 7) is 3.11. The zero-order chi connectivity index (χ0) is 10.7. The van der Waals surface area contributed by atoms with E-state index in [4.69, 9.17) is 5.73 Å². The van der Waals surface area contributed by atoms with Crippen LogP contribution in [0.3, 0.4) is 0 Å². The molecule has 0 atom stereocenters. The highest BCUT2D eigenvalue weighted by Gasteiger charge is 2.09. The number of nitrogens with zero attached hydrogens (tertiary/aromatic N) is 5. The fourth-order valence-electron chi connectivity index (χ4n) is 1.39. The largest absolute Gasteiger partial charge is 0.329 e. The van der Waals surface area contributed by atoms with E-state index in [9.17, 15) is 0 Å². The third-order valence-electron chi connectivity index (χ3n) is 2.13. The van der Waals surface area contributed by atoms with Gasteiger partial charge in [0, 0.05) is 24.5 Å². The van der Waals surface area contributed by atoms with Crippen LogP contribution in [0.5, 0.6) is 0 Å². The van der Waals surface area contributed by atoms with E-state index in [1.165, 1.54) is 0 Å². The van der Waals surface area contributed by atoms with E-state index in [1.54, 1.807) is 17.1 Å². The standard InChI is InChI=1S/C9H12N6/c1-7-6-11-4-2-8(7)9-12-13-14-15(9)5-3-10/h2,4,6H,3,5,10H2,1H3. The van der Waals surface area contributed by atoms with Crippen molar-refractivity contribution in [2.75, 3.05) is 6.54 Å². The summed E-state index contributed by atoms with van der Waals surface area (Å²) >= 11 is 0. The SMILES string of the molecule is Cc1cnccc1-c1nnnn1CCN. The maximum atomic E-state index is 5.48. The minimum absolute atomic E-state index is 0.516. The third kappa shape index (κ3) is 1.84. The van der Waals surface area contributed by atoms with Crippen LogP contribution in [-0.2, 0) is 6.54 Å². The molecule has 0 aliphatic carbocycles. The first-order valence-corrected chi connectivity index (χ1v) is 4.70. The average molecular weight is 204 g/mol. The van der Waals surface area contributed by atoms with Gasteiger partial charge in [-0.2, -0.15) is 0 Å². The molecule has 0 saturated heterocycles. The lowest BCUT2D eigenvalue weighted by Gasteiger charge is -2.04. The van der Waals surface area contributed by atoms with Gasteiger partial charge in [-0.1, -0.05) is 0 Å². The van der Waals surface area contributed by atoms with Gasteiger partial charge < -0.3 is 5.73 Å². The van der Waals surface area contributed by atoms with Crippen LogP contribution in [0.1, 0.15) is 5.56 Å². The van der Waals surface area contributed by atoms with Crippen molar-refractivity contribution in [3.05, 3.63) is 24.0 Å². The molecule has 15 heavy (non-hydrogen) atoms. The van der Waals surface area contributed by atoms with Crippen LogP contribution in [0.25, 0.3) is 11.4 Å². The molecule has 2 aromatic heterocycles. The maximum Gasteiger partial charge on any atom is 0.182 e. The Hall–Kier alpha value is -1.82. The van der Waals surface area contributed by atoms with Crippen LogP contribution in [-0.4, -0.2) is 31.7 Å². The molecule has 0 spiro atoms. The molecule has 78 valence electrons. The second-order valence-electron chi connectivity index (χ2n) is 3.20. The minimum atomic E-state index is 0.516. The number of aryl methyl sites for hydroxylation is 1. The molecule has 0 aliphatic rings. The van der Waals surface area contributed by atoms with Crippen LogP contribution < -0.4 is 5.73 Å². The molecule has 0 saturated carbocycles. The number of tetrazole rings is 1. The Kier molecular flexibility index (Phi) is 2.68. The van der Waals surface area contributed by atoms with Gasteiger partial charge in [-0.05, 0) is 29.0 Å². The van der Waals surface area contributed by atoms with E-state index in [1.807, 2.05) is 13.0 Å². The molecule has 6 heteroatoms. The number of hydrogen-bond donors (Lipinski definition) is 1. The monoisotopic (exact) mass is 204 g/mol. The first kappa shape index (κ1) is 9.72. The number of hydrogen-bond acceptors (Lipinski definition) is 5. The lowest BCUT2D eigenvalue weighted by Crippen LogP contribution is -2.12. The van der Waals surface area contributed by atoms with Gasteiger partial charge in [0.1, 0.15) is 0 Å². The quantitative estimate of drug-likeness (QED) is 0.761. The van der Waals surface area contributed by atoms with Gasteiger partial charge in [-0.25, -0.2) is 4.68 Å². The Morgan fingerprint density at radius 2 is 2.33 bits per heavy atom. The van der Waals surface area contributed by atoms with Crippen LogP contribution in [0, 0.1) is 6.92 Å². The molecular weight excluding hydrogens is 192 g/mol. The van der Waals surface area contributed by atoms with Crippen molar-refractivity contribution < 1.29 is 0 Å². The van der Waals surface area contributed by atoms with E-state index in [-0.39, 0.29) is 0 Å². The van der Waals surface area contributed by atoms with Crippen LogP contribution in [0.15, 0.2) is 18.5 Å². The lowest BCUT2D eigenvalue weighted by atomic mass is 10.1. The lowest BCUT2D eigenvalue weighted by molar-refractivity contribution is 0.602. The molecule has 2 N–H and O–H groups in total. The molecule has 0 aromatic carbocycles. The van der Waals surface area contributed by atoms with Gasteiger partial charge in [0.2, 0.25) is 0 Å². The van der Waals surface area contributed by atoms with Crippen molar-refractivity contribution >= 4 is 0 Å². The van der Waals surface area contributed by atoms with Crippen molar-refractivity contribution in [1.82, 2.24) is 25.2 Å². The molecule has 0 radical (unpaired) electrons. The van der Waals surface area contributed by atoms with E-state index >= 15 is 0 Å². The van der Waals surface area contributed by atoms with E-state index in [0.29, 0.717) is 13.1 Å². The van der Waals surface area contributed by atoms with Gasteiger partial charge >= 0.3 is 0 Å². The maximum absolute atomic E-state index is 5.48. The summed E-state index contributed by atoms with van der Waals surface area (Å²) in [5.74, 6) is 0.736. The van der Waals surface area contributed by atoms with Gasteiger partial charge in [0.15, 0.2) is 5.82 Å². The second-order valence-corrected chi connectivity index (χ2v) is 3.20. The van der Waals surface area contributed by atoms with Crippen molar-refractivity contribution in [3.63, 3.8) is 0 Å². The second kappa shape index (κ2) is 4.14. The smallest absolute Gasteiger partial charge is 0.182 e. The van der Waals surface area contributed by atoms with Gasteiger partial charge in [-0.3, -0.25) is 4.98 Å². The molecule has 2 heterocycles. The highest BCUT2D eigenvalue weighted by Crippen LogP contribution is 2.18. The fourth-order valence-corrected chi connectivity index (χ4v) is 1.39. The Balaban J connectivity index is 2.45. The van der Waals surface area contributed by atoms with Gasteiger partial charge in [0.25, 0.3) is 0 Å². The zero-order valence-corrected chi connectivity index (χ0v) is 8.46. The molecule has 0 amide bonds. The molecule has 0 fully saturated rings. The third-order valence-corrected chi connectivity index (χ3v) is 2.13. The van der Waals surface area contributed by atoms with Crippen molar-refractivity contribution in [2.45, 2.75) is 13.5 Å². The van der Waals surface area contributed by atoms with Crippen LogP contribution >= 0.6 is 0 Å². The predicted octanol–water partition coefficient (Wildman–Crippen LogP) is 0.00222. The molecule has 0 unspecified atom stereocenters. The highest BCUT2D eigenvalue weighted by atomic mass is 15.5. The summed E-state index contributed by atoms with van der Waals surface area (Å²) in [5, 5.41) is 11.5. The van der Waals surface area contributed by atoms with E-state index < -0.39 is 0 Å². The van der Waals surface area contributed by atoms with Gasteiger partial charge in [-0.15, -0.1) is 5.10 Å². The first-order chi connectivity index (χ1) is 7.33. The normalized spacial score (nSPS) is 10.5. The number of rotatable bonds is 3. The Bertz CT molecular complexity index is 449. The molecule has 6 nitrogen and oxygen atoms in total. The summed E-state index contributed by atoms with van der Waals surface area (Å²) in [6, 6.07) is 1.90. The Morgan fingerprint density at radius 3 is 3.07 bits per heavy atom. The average Bonchev–Trinajstić information content (AvgIpc) is 2.67. The summed E-state index contributed by atoms with van der Waals surface area (Å²) in [7, 11) is 0. The number of nitrogens with two attached hydrogens (primary N) is 1. The molecule has 2 rings (SSSR count). The summed E-state index contributed by atoms with van der Waals surface area (Å²) in [5.41, 5.74) is 7.51. The minimum Gasteiger partial charge on any atom is -0.329 e. The topological polar surface area (TPSA) is 82.5 Å². The van der Waals surface area contributed by atoms with Crippen molar-refractivity contribution in [1.29, 1.82) is 0 Å². The highest BCUT2D eigenvalue weighted by molar-refractivity contribution is 5.58. The molecule has 2 aromatic rings. The predicted molar refractivity (Wildman–Crippen MR) is 54.8 cm³/mol. The molecule has 0 aliphatic heterocycles. The Morgan fingerprint density at radius 1 is 1.47 bits per heavy atom. The summed E-state index contributed by atoms with van der Waals surface area (Å²) in [4.78, 5) is 4.03. The van der Waals surface area contributed by atoms with Crippen molar-refractivity contribution in [3.8, 4) is 11.4 Å². The molecular formula is C9H12N6. The Labute approximate surface area is 87.1 Å². The number of aromatic nitrogens is 5. The summed E-state index contributed by atoms with van der Waals surface area (Å²) < 4.78 is 1.70. The zero-order valence-electron chi connectivity index (χ0n) is 8.46. The van der Waals surface area contributed by atoms with Crippen LogP contribution in [0.2, 0.25) is 0 Å². The van der Waals surface area contributed by atoms with Crippen molar-refractivity contribution in [2.24, 2.45) is 5.73 Å². The van der Waals surface area contributed by atoms with Crippen LogP contribution in [0.4, 0.5) is 0 Å². The molecule has 0 bridgehead atoms. The van der Waals surface area contributed by atoms with Gasteiger partial charge in [0.05, 0.1) is 6.54 Å². The summed E-state index contributed by atoms with van der Waals surface area (Å²) in [6.07, 6.45) is 3.51. The fraction of sp³-hybridized carbons (Fsp3) is 0.333.